The van der Waals surface area contributed by atoms with Crippen LogP contribution in [0.25, 0.3) is 0 Å². The lowest BCUT2D eigenvalue weighted by molar-refractivity contribution is 0.324. The first-order valence-electron chi connectivity index (χ1n) is 4.66. The summed E-state index contributed by atoms with van der Waals surface area (Å²) in [4.78, 5) is 0. The summed E-state index contributed by atoms with van der Waals surface area (Å²) < 4.78 is 15.7. The van der Waals surface area contributed by atoms with Crippen molar-refractivity contribution in [2.45, 2.75) is 6.42 Å². The Morgan fingerprint density at radius 2 is 1.60 bits per heavy atom. The third-order valence-electron chi connectivity index (χ3n) is 2.10. The molecule has 3 nitrogen and oxygen atoms in total. The molecule has 0 saturated heterocycles. The molecule has 15 heavy (non-hydrogen) atoms. The third-order valence-corrected chi connectivity index (χ3v) is 2.10. The number of ether oxygens (including phenoxy) is 3. The Morgan fingerprint density at radius 1 is 1.07 bits per heavy atom. The van der Waals surface area contributed by atoms with Gasteiger partial charge in [0.05, 0.1) is 21.3 Å². The summed E-state index contributed by atoms with van der Waals surface area (Å²) in [7, 11) is 4.80. The topological polar surface area (TPSA) is 27.7 Å². The highest BCUT2D eigenvalue weighted by atomic mass is 16.5. The van der Waals surface area contributed by atoms with Gasteiger partial charge in [-0.15, -0.1) is 6.58 Å². The second kappa shape index (κ2) is 5.29. The van der Waals surface area contributed by atoms with Crippen LogP contribution < -0.4 is 14.2 Å². The van der Waals surface area contributed by atoms with Crippen LogP contribution in [-0.4, -0.2) is 21.3 Å². The van der Waals surface area contributed by atoms with E-state index in [9.17, 15) is 0 Å². The molecule has 0 aromatic heterocycles. The minimum absolute atomic E-state index is 0.618. The smallest absolute Gasteiger partial charge is 0.203 e. The van der Waals surface area contributed by atoms with Gasteiger partial charge in [-0.05, 0) is 24.1 Å². The summed E-state index contributed by atoms with van der Waals surface area (Å²) >= 11 is 0. The molecule has 82 valence electrons. The standard InChI is InChI=1S/C12H16O3/c1-5-6-9-7-10(13-2)12(15-4)11(8-9)14-3/h5,7-8H,1,6H2,2-4H3. The quantitative estimate of drug-likeness (QED) is 0.695. The van der Waals surface area contributed by atoms with Crippen molar-refractivity contribution in [2.75, 3.05) is 21.3 Å². The Labute approximate surface area is 90.3 Å². The largest absolute Gasteiger partial charge is 0.493 e. The molecule has 0 atom stereocenters. The van der Waals surface area contributed by atoms with E-state index in [1.807, 2.05) is 18.2 Å². The molecule has 0 spiro atoms. The van der Waals surface area contributed by atoms with Gasteiger partial charge in [0.2, 0.25) is 5.75 Å². The van der Waals surface area contributed by atoms with Gasteiger partial charge in [0.15, 0.2) is 11.5 Å². The van der Waals surface area contributed by atoms with Crippen molar-refractivity contribution >= 4 is 0 Å². The minimum atomic E-state index is 0.618. The number of allylic oxidation sites excluding steroid dienone is 1. The molecule has 0 saturated carbocycles. The normalized spacial score (nSPS) is 9.53. The number of benzene rings is 1. The fraction of sp³-hybridized carbons (Fsp3) is 0.333. The van der Waals surface area contributed by atoms with Gasteiger partial charge in [-0.1, -0.05) is 6.08 Å². The van der Waals surface area contributed by atoms with Crippen LogP contribution in [-0.2, 0) is 6.42 Å². The van der Waals surface area contributed by atoms with Gasteiger partial charge in [-0.3, -0.25) is 0 Å². The molecule has 0 radical (unpaired) electrons. The molecular weight excluding hydrogens is 192 g/mol. The third kappa shape index (κ3) is 2.43. The Kier molecular flexibility index (Phi) is 4.03. The molecule has 0 N–H and O–H groups in total. The zero-order valence-corrected chi connectivity index (χ0v) is 9.37. The lowest BCUT2D eigenvalue weighted by Crippen LogP contribution is -1.96. The predicted octanol–water partition coefficient (Wildman–Crippen LogP) is 2.44. The molecule has 0 aliphatic heterocycles. The van der Waals surface area contributed by atoms with E-state index >= 15 is 0 Å². The zero-order valence-electron chi connectivity index (χ0n) is 9.37. The molecule has 1 aromatic carbocycles. The van der Waals surface area contributed by atoms with Crippen LogP contribution in [0.2, 0.25) is 0 Å². The minimum Gasteiger partial charge on any atom is -0.493 e. The average Bonchev–Trinajstić information content (AvgIpc) is 2.28. The van der Waals surface area contributed by atoms with Crippen molar-refractivity contribution in [3.8, 4) is 17.2 Å². The Morgan fingerprint density at radius 3 is 1.93 bits per heavy atom. The number of hydrogen-bond acceptors (Lipinski definition) is 3. The molecule has 0 aliphatic rings. The molecule has 0 unspecified atom stereocenters. The molecule has 1 aromatic rings. The number of rotatable bonds is 5. The highest BCUT2D eigenvalue weighted by molar-refractivity contribution is 5.54. The number of hydrogen-bond donors (Lipinski definition) is 0. The highest BCUT2D eigenvalue weighted by Crippen LogP contribution is 2.38. The van der Waals surface area contributed by atoms with E-state index in [1.54, 1.807) is 21.3 Å². The lowest BCUT2D eigenvalue weighted by Gasteiger charge is -2.13. The summed E-state index contributed by atoms with van der Waals surface area (Å²) in [5.74, 6) is 1.97. The molecule has 0 heterocycles. The van der Waals surface area contributed by atoms with Gasteiger partial charge >= 0.3 is 0 Å². The summed E-state index contributed by atoms with van der Waals surface area (Å²) in [6, 6.07) is 3.84. The van der Waals surface area contributed by atoms with Gasteiger partial charge in [-0.2, -0.15) is 0 Å². The molecule has 0 fully saturated rings. The molecule has 0 aliphatic carbocycles. The molecule has 0 bridgehead atoms. The van der Waals surface area contributed by atoms with Crippen molar-refractivity contribution < 1.29 is 14.2 Å². The first kappa shape index (κ1) is 11.4. The van der Waals surface area contributed by atoms with E-state index in [0.717, 1.165) is 12.0 Å². The summed E-state index contributed by atoms with van der Waals surface area (Å²) in [5.41, 5.74) is 1.08. The number of methoxy groups -OCH3 is 3. The van der Waals surface area contributed by atoms with Crippen LogP contribution in [0.3, 0.4) is 0 Å². The van der Waals surface area contributed by atoms with Crippen LogP contribution in [0, 0.1) is 0 Å². The van der Waals surface area contributed by atoms with E-state index in [1.165, 1.54) is 0 Å². The van der Waals surface area contributed by atoms with Crippen LogP contribution >= 0.6 is 0 Å². The fourth-order valence-electron chi connectivity index (χ4n) is 1.42. The van der Waals surface area contributed by atoms with E-state index in [4.69, 9.17) is 14.2 Å². The predicted molar refractivity (Wildman–Crippen MR) is 60.0 cm³/mol. The maximum Gasteiger partial charge on any atom is 0.203 e. The van der Waals surface area contributed by atoms with E-state index in [0.29, 0.717) is 17.2 Å². The zero-order chi connectivity index (χ0) is 11.3. The lowest BCUT2D eigenvalue weighted by atomic mass is 10.1. The van der Waals surface area contributed by atoms with Gasteiger partial charge in [0.25, 0.3) is 0 Å². The summed E-state index contributed by atoms with van der Waals surface area (Å²) in [6.45, 7) is 3.70. The van der Waals surface area contributed by atoms with E-state index in [-0.39, 0.29) is 0 Å². The second-order valence-electron chi connectivity index (χ2n) is 3.03. The van der Waals surface area contributed by atoms with Crippen LogP contribution in [0.5, 0.6) is 17.2 Å². The van der Waals surface area contributed by atoms with Crippen molar-refractivity contribution in [1.82, 2.24) is 0 Å². The first-order chi connectivity index (χ1) is 7.26. The van der Waals surface area contributed by atoms with Gasteiger partial charge < -0.3 is 14.2 Å². The van der Waals surface area contributed by atoms with Gasteiger partial charge in [0, 0.05) is 0 Å². The van der Waals surface area contributed by atoms with E-state index in [2.05, 4.69) is 6.58 Å². The maximum absolute atomic E-state index is 5.23. The van der Waals surface area contributed by atoms with Gasteiger partial charge in [-0.25, -0.2) is 0 Å². The molecule has 3 heteroatoms. The SMILES string of the molecule is C=CCc1cc(OC)c(OC)c(OC)c1. The van der Waals surface area contributed by atoms with Crippen LogP contribution in [0.1, 0.15) is 5.56 Å². The molecule has 0 amide bonds. The Hall–Kier alpha value is -1.64. The highest BCUT2D eigenvalue weighted by Gasteiger charge is 2.12. The van der Waals surface area contributed by atoms with Crippen molar-refractivity contribution in [3.63, 3.8) is 0 Å². The Bertz CT molecular complexity index is 320. The fourth-order valence-corrected chi connectivity index (χ4v) is 1.42. The maximum atomic E-state index is 5.23. The average molecular weight is 208 g/mol. The summed E-state index contributed by atoms with van der Waals surface area (Å²) in [5, 5.41) is 0. The van der Waals surface area contributed by atoms with Crippen molar-refractivity contribution in [3.05, 3.63) is 30.4 Å². The van der Waals surface area contributed by atoms with Crippen LogP contribution in [0.15, 0.2) is 24.8 Å². The van der Waals surface area contributed by atoms with Crippen molar-refractivity contribution in [2.24, 2.45) is 0 Å². The summed E-state index contributed by atoms with van der Waals surface area (Å²) in [6.07, 6.45) is 2.61. The molecular formula is C12H16O3. The first-order valence-corrected chi connectivity index (χ1v) is 4.66. The van der Waals surface area contributed by atoms with Crippen LogP contribution in [0.4, 0.5) is 0 Å². The van der Waals surface area contributed by atoms with E-state index < -0.39 is 0 Å². The molecule has 1 rings (SSSR count). The second-order valence-corrected chi connectivity index (χ2v) is 3.03. The van der Waals surface area contributed by atoms with Crippen molar-refractivity contribution in [1.29, 1.82) is 0 Å². The van der Waals surface area contributed by atoms with Gasteiger partial charge in [0.1, 0.15) is 0 Å². The Balaban J connectivity index is 3.22. The monoisotopic (exact) mass is 208 g/mol.